The molecule has 0 aromatic heterocycles. The summed E-state index contributed by atoms with van der Waals surface area (Å²) in [7, 11) is -3.32. The molecule has 1 atom stereocenters. The normalized spacial score (nSPS) is 21.1. The van der Waals surface area contributed by atoms with E-state index in [-0.39, 0.29) is 10.6 Å². The van der Waals surface area contributed by atoms with Gasteiger partial charge >= 0.3 is 0 Å². The minimum atomic E-state index is -3.32. The minimum Gasteiger partial charge on any atom is -0.224 e. The summed E-state index contributed by atoms with van der Waals surface area (Å²) in [5.74, 6) is -1.56. The molecule has 0 fully saturated rings. The summed E-state index contributed by atoms with van der Waals surface area (Å²) in [6.07, 6.45) is 0. The fraction of sp³-hybridized carbons (Fsp3) is 0.273. The summed E-state index contributed by atoms with van der Waals surface area (Å²) in [5, 5.41) is 17.6. The highest BCUT2D eigenvalue weighted by Crippen LogP contribution is 2.38. The number of nitriles is 2. The third-order valence-electron chi connectivity index (χ3n) is 2.73. The molecule has 2 rings (SSSR count). The summed E-state index contributed by atoms with van der Waals surface area (Å²) in [6, 6.07) is 10.3. The van der Waals surface area contributed by atoms with Crippen LogP contribution in [0.2, 0.25) is 0 Å². The lowest BCUT2D eigenvalue weighted by molar-refractivity contribution is 0.593. The molecule has 0 spiro atoms. The van der Waals surface area contributed by atoms with E-state index in [1.807, 2.05) is 12.1 Å². The molecule has 0 amide bonds. The lowest BCUT2D eigenvalue weighted by atomic mass is 9.90. The van der Waals surface area contributed by atoms with Crippen molar-refractivity contribution in [2.45, 2.75) is 10.8 Å². The van der Waals surface area contributed by atoms with Crippen LogP contribution >= 0.6 is 0 Å². The molecule has 0 aliphatic carbocycles. The first-order valence-electron chi connectivity index (χ1n) is 4.71. The van der Waals surface area contributed by atoms with Crippen LogP contribution in [0.3, 0.4) is 0 Å². The van der Waals surface area contributed by atoms with Crippen molar-refractivity contribution in [2.75, 3.05) is 5.75 Å². The highest BCUT2D eigenvalue weighted by molar-refractivity contribution is 7.91. The largest absolute Gasteiger partial charge is 0.224 e. The molecule has 0 N–H and O–H groups in total. The lowest BCUT2D eigenvalue weighted by Crippen LogP contribution is -2.11. The van der Waals surface area contributed by atoms with Crippen molar-refractivity contribution in [3.8, 4) is 12.1 Å². The number of hydrogen-bond acceptors (Lipinski definition) is 4. The molecule has 5 heteroatoms. The maximum Gasteiger partial charge on any atom is 0.179 e. The second-order valence-corrected chi connectivity index (χ2v) is 5.66. The first kappa shape index (κ1) is 10.7. The predicted octanol–water partition coefficient (Wildman–Crippen LogP) is 1.22. The zero-order valence-corrected chi connectivity index (χ0v) is 9.11. The fourth-order valence-electron chi connectivity index (χ4n) is 1.97. The van der Waals surface area contributed by atoms with Crippen LogP contribution in [0.15, 0.2) is 29.2 Å². The second kappa shape index (κ2) is 3.62. The van der Waals surface area contributed by atoms with E-state index in [0.29, 0.717) is 5.56 Å². The molecule has 0 radical (unpaired) electrons. The molecule has 4 nitrogen and oxygen atoms in total. The summed E-state index contributed by atoms with van der Waals surface area (Å²) >= 11 is 0. The maximum atomic E-state index is 11.8. The van der Waals surface area contributed by atoms with E-state index in [1.54, 1.807) is 18.2 Å². The van der Waals surface area contributed by atoms with E-state index in [0.717, 1.165) is 0 Å². The Balaban J connectivity index is 2.59. The highest BCUT2D eigenvalue weighted by atomic mass is 32.2. The number of nitrogens with zero attached hydrogens (tertiary/aromatic N) is 2. The quantitative estimate of drug-likeness (QED) is 0.729. The van der Waals surface area contributed by atoms with E-state index in [9.17, 15) is 8.42 Å². The van der Waals surface area contributed by atoms with Gasteiger partial charge in [-0.1, -0.05) is 18.2 Å². The maximum absolute atomic E-state index is 11.8. The average molecular weight is 232 g/mol. The predicted molar refractivity (Wildman–Crippen MR) is 56.0 cm³/mol. The minimum absolute atomic E-state index is 0.141. The van der Waals surface area contributed by atoms with Crippen LogP contribution in [0.1, 0.15) is 11.5 Å². The third-order valence-corrected chi connectivity index (χ3v) is 4.57. The van der Waals surface area contributed by atoms with Gasteiger partial charge in [0.05, 0.1) is 22.8 Å². The summed E-state index contributed by atoms with van der Waals surface area (Å²) < 4.78 is 23.6. The summed E-state index contributed by atoms with van der Waals surface area (Å²) in [4.78, 5) is 0.260. The number of sulfone groups is 1. The molecule has 0 saturated heterocycles. The zero-order valence-electron chi connectivity index (χ0n) is 8.29. The molecule has 1 aromatic rings. The molecular formula is C11H8N2O2S. The summed E-state index contributed by atoms with van der Waals surface area (Å²) in [6.45, 7) is 0. The van der Waals surface area contributed by atoms with Crippen LogP contribution in [-0.4, -0.2) is 14.2 Å². The van der Waals surface area contributed by atoms with Crippen LogP contribution in [0.5, 0.6) is 0 Å². The van der Waals surface area contributed by atoms with Gasteiger partial charge in [-0.15, -0.1) is 0 Å². The monoisotopic (exact) mass is 232 g/mol. The molecule has 1 heterocycles. The van der Waals surface area contributed by atoms with E-state index in [2.05, 4.69) is 0 Å². The van der Waals surface area contributed by atoms with E-state index in [1.165, 1.54) is 6.07 Å². The Morgan fingerprint density at radius 3 is 2.50 bits per heavy atom. The Bertz CT molecular complexity index is 594. The van der Waals surface area contributed by atoms with Gasteiger partial charge in [0.25, 0.3) is 0 Å². The fourth-order valence-corrected chi connectivity index (χ4v) is 3.86. The molecule has 16 heavy (non-hydrogen) atoms. The van der Waals surface area contributed by atoms with Crippen LogP contribution in [0, 0.1) is 28.6 Å². The Labute approximate surface area is 93.7 Å². The Hall–Kier alpha value is -1.85. The lowest BCUT2D eigenvalue weighted by Gasteiger charge is -2.08. The molecule has 0 bridgehead atoms. The molecule has 1 aliphatic heterocycles. The van der Waals surface area contributed by atoms with Gasteiger partial charge in [0.2, 0.25) is 0 Å². The highest BCUT2D eigenvalue weighted by Gasteiger charge is 2.39. The van der Waals surface area contributed by atoms with Crippen molar-refractivity contribution in [3.63, 3.8) is 0 Å². The number of rotatable bonds is 1. The molecule has 1 aromatic carbocycles. The van der Waals surface area contributed by atoms with E-state index in [4.69, 9.17) is 10.5 Å². The number of fused-ring (bicyclic) bond motifs is 1. The van der Waals surface area contributed by atoms with Crippen LogP contribution in [0.4, 0.5) is 0 Å². The SMILES string of the molecule is N#CC(C#N)C1CS(=O)(=O)c2ccccc21. The van der Waals surface area contributed by atoms with Gasteiger partial charge in [0.1, 0.15) is 5.92 Å². The van der Waals surface area contributed by atoms with E-state index < -0.39 is 21.7 Å². The number of hydrogen-bond donors (Lipinski definition) is 0. The van der Waals surface area contributed by atoms with Crippen LogP contribution in [-0.2, 0) is 9.84 Å². The number of benzene rings is 1. The molecule has 1 unspecified atom stereocenters. The van der Waals surface area contributed by atoms with Gasteiger partial charge in [0, 0.05) is 5.92 Å². The first-order valence-corrected chi connectivity index (χ1v) is 6.36. The van der Waals surface area contributed by atoms with Gasteiger partial charge in [-0.3, -0.25) is 0 Å². The first-order chi connectivity index (χ1) is 7.60. The third kappa shape index (κ3) is 1.46. The molecule has 80 valence electrons. The Morgan fingerprint density at radius 1 is 1.25 bits per heavy atom. The zero-order chi connectivity index (χ0) is 11.8. The standard InChI is InChI=1S/C11H8N2O2S/c12-5-8(6-13)10-7-16(14,15)11-4-2-1-3-9(10)11/h1-4,8,10H,7H2. The van der Waals surface area contributed by atoms with Crippen LogP contribution < -0.4 is 0 Å². The smallest absolute Gasteiger partial charge is 0.179 e. The van der Waals surface area contributed by atoms with Gasteiger partial charge in [-0.25, -0.2) is 8.42 Å². The second-order valence-electron chi connectivity index (χ2n) is 3.66. The van der Waals surface area contributed by atoms with Crippen molar-refractivity contribution in [2.24, 2.45) is 5.92 Å². The van der Waals surface area contributed by atoms with Crippen molar-refractivity contribution in [3.05, 3.63) is 29.8 Å². The molecule has 1 aliphatic rings. The summed E-state index contributed by atoms with van der Waals surface area (Å²) in [5.41, 5.74) is 0.593. The van der Waals surface area contributed by atoms with Crippen molar-refractivity contribution in [1.29, 1.82) is 10.5 Å². The molecular weight excluding hydrogens is 224 g/mol. The average Bonchev–Trinajstić information content (AvgIpc) is 2.54. The molecule has 0 saturated carbocycles. The van der Waals surface area contributed by atoms with Gasteiger partial charge in [-0.2, -0.15) is 10.5 Å². The Morgan fingerprint density at radius 2 is 1.88 bits per heavy atom. The van der Waals surface area contributed by atoms with Crippen molar-refractivity contribution >= 4 is 9.84 Å². The van der Waals surface area contributed by atoms with Gasteiger partial charge in [-0.05, 0) is 11.6 Å². The van der Waals surface area contributed by atoms with Crippen LogP contribution in [0.25, 0.3) is 0 Å². The van der Waals surface area contributed by atoms with Gasteiger partial charge < -0.3 is 0 Å². The topological polar surface area (TPSA) is 81.7 Å². The van der Waals surface area contributed by atoms with Gasteiger partial charge in [0.15, 0.2) is 9.84 Å². The van der Waals surface area contributed by atoms with Crippen molar-refractivity contribution in [1.82, 2.24) is 0 Å². The van der Waals surface area contributed by atoms with E-state index >= 15 is 0 Å². The van der Waals surface area contributed by atoms with Crippen molar-refractivity contribution < 1.29 is 8.42 Å². The Kier molecular flexibility index (Phi) is 2.41.